The van der Waals surface area contributed by atoms with E-state index in [0.717, 1.165) is 35.5 Å². The van der Waals surface area contributed by atoms with Crippen molar-refractivity contribution >= 4 is 0 Å². The lowest BCUT2D eigenvalue weighted by Crippen LogP contribution is -2.35. The molecule has 0 amide bonds. The van der Waals surface area contributed by atoms with Crippen LogP contribution in [0.2, 0.25) is 0 Å². The highest BCUT2D eigenvalue weighted by molar-refractivity contribution is 4.86. The van der Waals surface area contributed by atoms with Crippen molar-refractivity contribution in [3.63, 3.8) is 0 Å². The zero-order valence-electron chi connectivity index (χ0n) is 13.6. The Morgan fingerprint density at radius 3 is 1.78 bits per heavy atom. The molecule has 1 aliphatic carbocycles. The molecule has 0 radical (unpaired) electrons. The molecule has 0 aromatic carbocycles. The van der Waals surface area contributed by atoms with Crippen molar-refractivity contribution in [1.29, 1.82) is 0 Å². The molecule has 112 valence electrons. The Kier molecular flexibility index (Phi) is 11.1. The lowest BCUT2D eigenvalue weighted by molar-refractivity contribution is 0.0604. The molecule has 0 heteroatoms. The summed E-state index contributed by atoms with van der Waals surface area (Å²) in [6, 6.07) is 0. The van der Waals surface area contributed by atoms with Crippen molar-refractivity contribution in [2.45, 2.75) is 82.1 Å². The molecule has 0 aliphatic heterocycles. The van der Waals surface area contributed by atoms with Gasteiger partial charge in [0.2, 0.25) is 0 Å². The summed E-state index contributed by atoms with van der Waals surface area (Å²) in [5, 5.41) is 0. The molecule has 18 heavy (non-hydrogen) atoms. The molecule has 1 aliphatic rings. The molecule has 4 unspecified atom stereocenters. The van der Waals surface area contributed by atoms with E-state index in [1.54, 1.807) is 0 Å². The second kappa shape index (κ2) is 9.87. The van der Waals surface area contributed by atoms with Crippen molar-refractivity contribution in [3.8, 4) is 0 Å². The summed E-state index contributed by atoms with van der Waals surface area (Å²) < 4.78 is 0. The van der Waals surface area contributed by atoms with Crippen LogP contribution < -0.4 is 0 Å². The molecule has 0 spiro atoms. The summed E-state index contributed by atoms with van der Waals surface area (Å²) >= 11 is 0. The molecule has 4 atom stereocenters. The van der Waals surface area contributed by atoms with Crippen molar-refractivity contribution in [2.24, 2.45) is 35.5 Å². The van der Waals surface area contributed by atoms with Crippen LogP contribution in [0.1, 0.15) is 82.1 Å². The highest BCUT2D eigenvalue weighted by Gasteiger charge is 2.36. The van der Waals surface area contributed by atoms with Crippen molar-refractivity contribution in [3.05, 3.63) is 0 Å². The van der Waals surface area contributed by atoms with Gasteiger partial charge >= 0.3 is 0 Å². The van der Waals surface area contributed by atoms with E-state index in [9.17, 15) is 0 Å². The lowest BCUT2D eigenvalue weighted by Gasteiger charge is -2.44. The predicted molar refractivity (Wildman–Crippen MR) is 86.9 cm³/mol. The molecule has 0 nitrogen and oxygen atoms in total. The maximum Gasteiger partial charge on any atom is -0.0358 e. The second-order valence-electron chi connectivity index (χ2n) is 6.43. The Hall–Kier alpha value is 0. The molecule has 0 aromatic heterocycles. The average molecular weight is 257 g/mol. The summed E-state index contributed by atoms with van der Waals surface area (Å²) in [4.78, 5) is 0. The van der Waals surface area contributed by atoms with Gasteiger partial charge in [-0.1, -0.05) is 69.2 Å². The Morgan fingerprint density at radius 2 is 1.44 bits per heavy atom. The van der Waals surface area contributed by atoms with E-state index < -0.39 is 0 Å². The molecule has 0 saturated heterocycles. The Balaban J connectivity index is 0. The van der Waals surface area contributed by atoms with E-state index in [2.05, 4.69) is 41.5 Å². The topological polar surface area (TPSA) is 0 Å². The van der Waals surface area contributed by atoms with Gasteiger partial charge in [-0.15, -0.1) is 0 Å². The van der Waals surface area contributed by atoms with Crippen molar-refractivity contribution in [1.82, 2.24) is 0 Å². The monoisotopic (exact) mass is 256 g/mol. The predicted octanol–water partition coefficient (Wildman–Crippen LogP) is 6.65. The first-order valence-corrected chi connectivity index (χ1v) is 7.97. The largest absolute Gasteiger partial charge is 0.0776 e. The maximum absolute atomic E-state index is 2.48. The van der Waals surface area contributed by atoms with E-state index >= 15 is 0 Å². The Morgan fingerprint density at radius 1 is 0.944 bits per heavy atom. The summed E-state index contributed by atoms with van der Waals surface area (Å²) in [5.74, 6) is 5.65. The van der Waals surface area contributed by atoms with Crippen LogP contribution in [-0.4, -0.2) is 0 Å². The summed E-state index contributed by atoms with van der Waals surface area (Å²) in [5.41, 5.74) is 0. The molecule has 1 saturated carbocycles. The van der Waals surface area contributed by atoms with Gasteiger partial charge in [-0.05, 0) is 48.3 Å². The van der Waals surface area contributed by atoms with E-state index in [-0.39, 0.29) is 7.43 Å². The fourth-order valence-electron chi connectivity index (χ4n) is 3.71. The van der Waals surface area contributed by atoms with Gasteiger partial charge in [0.05, 0.1) is 0 Å². The van der Waals surface area contributed by atoms with E-state index in [1.807, 2.05) is 13.8 Å². The first-order valence-electron chi connectivity index (χ1n) is 7.97. The van der Waals surface area contributed by atoms with Gasteiger partial charge in [-0.2, -0.15) is 0 Å². The minimum Gasteiger partial charge on any atom is -0.0776 e. The van der Waals surface area contributed by atoms with Gasteiger partial charge in [-0.25, -0.2) is 0 Å². The van der Waals surface area contributed by atoms with Gasteiger partial charge in [-0.3, -0.25) is 0 Å². The molecule has 0 bridgehead atoms. The van der Waals surface area contributed by atoms with Gasteiger partial charge in [0.25, 0.3) is 0 Å². The molecular weight excluding hydrogens is 216 g/mol. The lowest BCUT2D eigenvalue weighted by atomic mass is 9.62. The first kappa shape index (κ1) is 20.3. The zero-order valence-corrected chi connectivity index (χ0v) is 13.6. The highest BCUT2D eigenvalue weighted by Crippen LogP contribution is 2.45. The number of hydrogen-bond donors (Lipinski definition) is 0. The Labute approximate surface area is 118 Å². The van der Waals surface area contributed by atoms with Crippen LogP contribution in [0.3, 0.4) is 0 Å². The first-order chi connectivity index (χ1) is 7.97. The third-order valence-electron chi connectivity index (χ3n) is 4.80. The van der Waals surface area contributed by atoms with Crippen molar-refractivity contribution < 1.29 is 0 Å². The fourth-order valence-corrected chi connectivity index (χ4v) is 3.71. The fraction of sp³-hybridized carbons (Fsp3) is 1.00. The zero-order chi connectivity index (χ0) is 13.6. The van der Waals surface area contributed by atoms with Gasteiger partial charge in [0.1, 0.15) is 0 Å². The number of rotatable bonds is 3. The van der Waals surface area contributed by atoms with Crippen LogP contribution in [0.25, 0.3) is 0 Å². The van der Waals surface area contributed by atoms with E-state index in [4.69, 9.17) is 0 Å². The standard InChI is InChI=1S/C15H30.C2H6.CH4/c1-7-14-12(6)8-13(10(2)3)9-15(14)11(4)5;1-2;/h10-15H,7-9H2,1-6H3;1-2H3;1H4. The molecule has 0 heterocycles. The third kappa shape index (κ3) is 5.33. The van der Waals surface area contributed by atoms with Gasteiger partial charge in [0.15, 0.2) is 0 Å². The van der Waals surface area contributed by atoms with Gasteiger partial charge < -0.3 is 0 Å². The molecule has 0 N–H and O–H groups in total. The molecular formula is C18H40. The minimum atomic E-state index is 0. The van der Waals surface area contributed by atoms with Crippen LogP contribution in [0.5, 0.6) is 0 Å². The minimum absolute atomic E-state index is 0. The summed E-state index contributed by atoms with van der Waals surface area (Å²) in [7, 11) is 0. The van der Waals surface area contributed by atoms with Crippen LogP contribution in [0.15, 0.2) is 0 Å². The maximum atomic E-state index is 2.48. The summed E-state index contributed by atoms with van der Waals surface area (Å²) in [6.45, 7) is 18.5. The number of hydrogen-bond acceptors (Lipinski definition) is 0. The summed E-state index contributed by atoms with van der Waals surface area (Å²) in [6.07, 6.45) is 4.34. The van der Waals surface area contributed by atoms with Crippen LogP contribution in [0.4, 0.5) is 0 Å². The highest BCUT2D eigenvalue weighted by atomic mass is 14.4. The molecule has 1 rings (SSSR count). The van der Waals surface area contributed by atoms with Crippen LogP contribution in [0, 0.1) is 35.5 Å². The molecule has 0 aromatic rings. The smallest absolute Gasteiger partial charge is 0.0358 e. The quantitative estimate of drug-likeness (QED) is 0.530. The van der Waals surface area contributed by atoms with E-state index in [0.29, 0.717) is 0 Å². The second-order valence-corrected chi connectivity index (χ2v) is 6.43. The average Bonchev–Trinajstić information content (AvgIpc) is 2.30. The van der Waals surface area contributed by atoms with Crippen molar-refractivity contribution in [2.75, 3.05) is 0 Å². The van der Waals surface area contributed by atoms with Crippen LogP contribution in [-0.2, 0) is 0 Å². The SMILES string of the molecule is C.CC.CCC1C(C)CC(C(C)C)CC1C(C)C. The Bertz CT molecular complexity index is 180. The molecule has 1 fully saturated rings. The normalized spacial score (nSPS) is 31.7. The van der Waals surface area contributed by atoms with Gasteiger partial charge in [0, 0.05) is 0 Å². The van der Waals surface area contributed by atoms with E-state index in [1.165, 1.54) is 19.3 Å². The van der Waals surface area contributed by atoms with Crippen LogP contribution >= 0.6 is 0 Å². The third-order valence-corrected chi connectivity index (χ3v) is 4.80.